The van der Waals surface area contributed by atoms with Gasteiger partial charge < -0.3 is 15.0 Å². The van der Waals surface area contributed by atoms with Gasteiger partial charge >= 0.3 is 0 Å². The maximum absolute atomic E-state index is 5.73. The van der Waals surface area contributed by atoms with Crippen molar-refractivity contribution in [3.05, 3.63) is 52.7 Å². The van der Waals surface area contributed by atoms with Crippen LogP contribution < -0.4 is 10.1 Å². The fraction of sp³-hybridized carbons (Fsp3) is 0.389. The lowest BCUT2D eigenvalue weighted by Gasteiger charge is -2.23. The van der Waals surface area contributed by atoms with Crippen LogP contribution in [0.3, 0.4) is 0 Å². The second kappa shape index (κ2) is 9.20. The van der Waals surface area contributed by atoms with E-state index in [9.17, 15) is 0 Å². The van der Waals surface area contributed by atoms with Gasteiger partial charge in [-0.3, -0.25) is 4.99 Å². The fourth-order valence-electron chi connectivity index (χ4n) is 2.23. The first-order chi connectivity index (χ1) is 11.2. The van der Waals surface area contributed by atoms with Gasteiger partial charge in [-0.25, -0.2) is 0 Å². The van der Waals surface area contributed by atoms with E-state index in [1.807, 2.05) is 44.4 Å². The normalized spacial score (nSPS) is 12.7. The Hall–Kier alpha value is -2.01. The van der Waals surface area contributed by atoms with Crippen LogP contribution in [0.5, 0.6) is 5.75 Å². The van der Waals surface area contributed by atoms with E-state index in [-0.39, 0.29) is 0 Å². The number of thiophene rings is 1. The Kier molecular flexibility index (Phi) is 6.94. The first kappa shape index (κ1) is 17.3. The Labute approximate surface area is 142 Å². The zero-order chi connectivity index (χ0) is 16.5. The molecule has 4 nitrogen and oxygen atoms in total. The third-order valence-corrected chi connectivity index (χ3v) is 4.39. The Balaban J connectivity index is 1.74. The van der Waals surface area contributed by atoms with Crippen LogP contribution in [0.15, 0.2) is 52.2 Å². The smallest absolute Gasteiger partial charge is 0.193 e. The molecular weight excluding hydrogens is 306 g/mol. The molecule has 5 heteroatoms. The Bertz CT molecular complexity index is 584. The Morgan fingerprint density at radius 3 is 2.74 bits per heavy atom. The summed E-state index contributed by atoms with van der Waals surface area (Å²) in [5, 5.41) is 7.75. The minimum Gasteiger partial charge on any atom is -0.492 e. The number of likely N-dealkylation sites (N-methyl/N-ethyl adjacent to an activating group) is 1. The highest BCUT2D eigenvalue weighted by Gasteiger charge is 2.10. The molecule has 23 heavy (non-hydrogen) atoms. The molecule has 0 spiro atoms. The van der Waals surface area contributed by atoms with Crippen molar-refractivity contribution in [2.24, 2.45) is 4.99 Å². The van der Waals surface area contributed by atoms with E-state index in [0.717, 1.165) is 24.8 Å². The highest BCUT2D eigenvalue weighted by atomic mass is 32.1. The molecule has 0 saturated carbocycles. The minimum absolute atomic E-state index is 0.465. The van der Waals surface area contributed by atoms with Crippen LogP contribution in [0, 0.1) is 0 Å². The minimum atomic E-state index is 0.465. The highest BCUT2D eigenvalue weighted by Crippen LogP contribution is 2.17. The number of rotatable bonds is 7. The summed E-state index contributed by atoms with van der Waals surface area (Å²) >= 11 is 1.74. The summed E-state index contributed by atoms with van der Waals surface area (Å²) in [4.78, 5) is 6.43. The van der Waals surface area contributed by atoms with Gasteiger partial charge in [0.05, 0.1) is 6.54 Å². The molecule has 0 radical (unpaired) electrons. The highest BCUT2D eigenvalue weighted by molar-refractivity contribution is 7.07. The van der Waals surface area contributed by atoms with Gasteiger partial charge in [0.15, 0.2) is 5.96 Å². The molecule has 0 bridgehead atoms. The third kappa shape index (κ3) is 5.60. The van der Waals surface area contributed by atoms with Crippen molar-refractivity contribution < 1.29 is 4.74 Å². The summed E-state index contributed by atoms with van der Waals surface area (Å²) in [6.07, 6.45) is 0. The van der Waals surface area contributed by atoms with E-state index in [1.165, 1.54) is 5.56 Å². The molecule has 0 fully saturated rings. The van der Waals surface area contributed by atoms with Gasteiger partial charge in [-0.05, 0) is 40.4 Å². The lowest BCUT2D eigenvalue weighted by atomic mass is 10.1. The van der Waals surface area contributed by atoms with E-state index in [1.54, 1.807) is 11.3 Å². The maximum atomic E-state index is 5.73. The zero-order valence-corrected chi connectivity index (χ0v) is 14.8. The average molecular weight is 331 g/mol. The number of ether oxygens (including phenoxy) is 1. The number of guanidine groups is 1. The summed E-state index contributed by atoms with van der Waals surface area (Å²) in [6.45, 7) is 4.50. The number of hydrogen-bond acceptors (Lipinski definition) is 3. The van der Waals surface area contributed by atoms with Crippen molar-refractivity contribution >= 4 is 17.3 Å². The van der Waals surface area contributed by atoms with Crippen molar-refractivity contribution in [1.29, 1.82) is 0 Å². The zero-order valence-electron chi connectivity index (χ0n) is 14.0. The molecule has 0 aliphatic carbocycles. The average Bonchev–Trinajstić information content (AvgIpc) is 3.11. The van der Waals surface area contributed by atoms with Crippen molar-refractivity contribution in [3.63, 3.8) is 0 Å². The molecule has 0 amide bonds. The van der Waals surface area contributed by atoms with Crippen molar-refractivity contribution in [3.8, 4) is 5.75 Å². The standard InChI is InChI=1S/C18H25N3OS/c1-15(16-9-12-23-14-16)13-20-18(19-2)21(3)10-11-22-17-7-5-4-6-8-17/h4-9,12,14-15H,10-11,13H2,1-3H3,(H,19,20). The second-order valence-electron chi connectivity index (χ2n) is 5.47. The first-order valence-corrected chi connectivity index (χ1v) is 8.76. The lowest BCUT2D eigenvalue weighted by molar-refractivity contribution is 0.281. The van der Waals surface area contributed by atoms with Crippen molar-refractivity contribution in [2.45, 2.75) is 12.8 Å². The molecule has 0 saturated heterocycles. The SMILES string of the molecule is CN=C(NCC(C)c1ccsc1)N(C)CCOc1ccccc1. The summed E-state index contributed by atoms with van der Waals surface area (Å²) in [5.41, 5.74) is 1.37. The van der Waals surface area contributed by atoms with Crippen molar-refractivity contribution in [2.75, 3.05) is 33.8 Å². The van der Waals surface area contributed by atoms with Gasteiger partial charge in [0.1, 0.15) is 12.4 Å². The van der Waals surface area contributed by atoms with E-state index >= 15 is 0 Å². The number of nitrogens with one attached hydrogen (secondary N) is 1. The number of aliphatic imine (C=N–C) groups is 1. The van der Waals surface area contributed by atoms with Crippen LogP contribution in [0.4, 0.5) is 0 Å². The number of benzene rings is 1. The quantitative estimate of drug-likeness (QED) is 0.624. The topological polar surface area (TPSA) is 36.9 Å². The van der Waals surface area contributed by atoms with Crippen LogP contribution in [0.2, 0.25) is 0 Å². The molecule has 1 unspecified atom stereocenters. The van der Waals surface area contributed by atoms with Gasteiger partial charge in [0, 0.05) is 20.6 Å². The molecule has 1 aromatic heterocycles. The molecule has 1 aromatic carbocycles. The lowest BCUT2D eigenvalue weighted by Crippen LogP contribution is -2.42. The van der Waals surface area contributed by atoms with Gasteiger partial charge in [-0.1, -0.05) is 25.1 Å². The van der Waals surface area contributed by atoms with Gasteiger partial charge in [-0.2, -0.15) is 11.3 Å². The van der Waals surface area contributed by atoms with Gasteiger partial charge in [0.2, 0.25) is 0 Å². The molecule has 2 aromatic rings. The maximum Gasteiger partial charge on any atom is 0.193 e. The third-order valence-electron chi connectivity index (χ3n) is 3.69. The van der Waals surface area contributed by atoms with Crippen LogP contribution in [0.1, 0.15) is 18.4 Å². The molecule has 1 atom stereocenters. The summed E-state index contributed by atoms with van der Waals surface area (Å²) in [5.74, 6) is 2.26. The molecule has 0 aliphatic heterocycles. The molecular formula is C18H25N3OS. The molecule has 1 N–H and O–H groups in total. The fourth-order valence-corrected chi connectivity index (χ4v) is 3.01. The number of nitrogens with zero attached hydrogens (tertiary/aromatic N) is 2. The Morgan fingerprint density at radius 2 is 2.09 bits per heavy atom. The van der Waals surface area contributed by atoms with Crippen LogP contribution in [0.25, 0.3) is 0 Å². The van der Waals surface area contributed by atoms with E-state index < -0.39 is 0 Å². The molecule has 1 heterocycles. The van der Waals surface area contributed by atoms with Crippen LogP contribution in [-0.4, -0.2) is 44.7 Å². The van der Waals surface area contributed by atoms with E-state index in [0.29, 0.717) is 12.5 Å². The molecule has 2 rings (SSSR count). The first-order valence-electron chi connectivity index (χ1n) is 7.82. The largest absolute Gasteiger partial charge is 0.492 e. The second-order valence-corrected chi connectivity index (χ2v) is 6.25. The summed E-state index contributed by atoms with van der Waals surface area (Å²) in [6, 6.07) is 12.1. The van der Waals surface area contributed by atoms with Crippen LogP contribution >= 0.6 is 11.3 Å². The Morgan fingerprint density at radius 1 is 1.30 bits per heavy atom. The van der Waals surface area contributed by atoms with E-state index in [4.69, 9.17) is 4.74 Å². The number of para-hydroxylation sites is 1. The van der Waals surface area contributed by atoms with Crippen molar-refractivity contribution in [1.82, 2.24) is 10.2 Å². The predicted octanol–water partition coefficient (Wildman–Crippen LogP) is 3.44. The summed E-state index contributed by atoms with van der Waals surface area (Å²) in [7, 11) is 3.84. The summed E-state index contributed by atoms with van der Waals surface area (Å²) < 4.78 is 5.73. The molecule has 124 valence electrons. The van der Waals surface area contributed by atoms with E-state index in [2.05, 4.69) is 39.0 Å². The van der Waals surface area contributed by atoms with Gasteiger partial charge in [0.25, 0.3) is 0 Å². The molecule has 0 aliphatic rings. The van der Waals surface area contributed by atoms with Gasteiger partial charge in [-0.15, -0.1) is 0 Å². The monoisotopic (exact) mass is 331 g/mol. The van der Waals surface area contributed by atoms with Crippen LogP contribution in [-0.2, 0) is 0 Å². The predicted molar refractivity (Wildman–Crippen MR) is 98.7 cm³/mol. The number of hydrogen-bond donors (Lipinski definition) is 1.